The Balaban J connectivity index is 2.44. The molecule has 2 rings (SSSR count). The molecule has 0 amide bonds. The van der Waals surface area contributed by atoms with Gasteiger partial charge in [0.2, 0.25) is 0 Å². The molecule has 2 unspecified atom stereocenters. The number of hydrogen-bond acceptors (Lipinski definition) is 4. The Morgan fingerprint density at radius 3 is 2.06 bits per heavy atom. The maximum atomic E-state index is 9.77. The second-order valence-electron chi connectivity index (χ2n) is 5.04. The van der Waals surface area contributed by atoms with Crippen LogP contribution in [0.15, 0.2) is 12.1 Å². The zero-order chi connectivity index (χ0) is 12.1. The molecule has 0 radical (unpaired) electrons. The first kappa shape index (κ1) is 11.1. The van der Waals surface area contributed by atoms with E-state index in [1.54, 1.807) is 0 Å². The molecule has 1 aromatic rings. The molecule has 4 nitrogen and oxygen atoms in total. The fourth-order valence-electron chi connectivity index (χ4n) is 2.68. The number of hydrogen-bond donors (Lipinski definition) is 4. The third-order valence-electron chi connectivity index (χ3n) is 3.74. The predicted octanol–water partition coefficient (Wildman–Crippen LogP) is 1.50. The van der Waals surface area contributed by atoms with E-state index >= 15 is 0 Å². The van der Waals surface area contributed by atoms with Crippen LogP contribution in [0.4, 0.5) is 0 Å². The molecule has 4 heteroatoms. The van der Waals surface area contributed by atoms with Crippen molar-refractivity contribution in [1.29, 1.82) is 0 Å². The Morgan fingerprint density at radius 1 is 1.19 bits per heavy atom. The predicted molar refractivity (Wildman–Crippen MR) is 60.5 cm³/mol. The molecule has 0 spiro atoms. The molecule has 1 saturated carbocycles. The summed E-state index contributed by atoms with van der Waals surface area (Å²) in [6.45, 7) is 4.64. The third-order valence-corrected chi connectivity index (χ3v) is 3.74. The third kappa shape index (κ3) is 1.41. The van der Waals surface area contributed by atoms with Crippen molar-refractivity contribution in [3.8, 4) is 17.2 Å². The summed E-state index contributed by atoms with van der Waals surface area (Å²) in [4.78, 5) is 0. The lowest BCUT2D eigenvalue weighted by molar-refractivity contribution is 0.415. The van der Waals surface area contributed by atoms with E-state index in [1.807, 2.05) is 0 Å². The summed E-state index contributed by atoms with van der Waals surface area (Å²) >= 11 is 0. The molecule has 0 bridgehead atoms. The van der Waals surface area contributed by atoms with Crippen LogP contribution in [-0.4, -0.2) is 21.9 Å². The number of rotatable bonds is 2. The van der Waals surface area contributed by atoms with Gasteiger partial charge in [-0.25, -0.2) is 0 Å². The summed E-state index contributed by atoms with van der Waals surface area (Å²) in [6, 6.07) is 2.49. The van der Waals surface area contributed by atoms with Gasteiger partial charge in [0.25, 0.3) is 0 Å². The zero-order valence-electron chi connectivity index (χ0n) is 9.44. The highest BCUT2D eigenvalue weighted by molar-refractivity contribution is 5.54. The Morgan fingerprint density at radius 2 is 1.69 bits per heavy atom. The Hall–Kier alpha value is -1.42. The lowest BCUT2D eigenvalue weighted by atomic mass is 10.0. The molecule has 5 N–H and O–H groups in total. The molecule has 16 heavy (non-hydrogen) atoms. The second kappa shape index (κ2) is 3.28. The Bertz CT molecular complexity index is 405. The average molecular weight is 223 g/mol. The van der Waals surface area contributed by atoms with Crippen LogP contribution in [0.5, 0.6) is 17.2 Å². The van der Waals surface area contributed by atoms with Gasteiger partial charge in [0.1, 0.15) is 17.2 Å². The van der Waals surface area contributed by atoms with Gasteiger partial charge < -0.3 is 21.1 Å². The quantitative estimate of drug-likeness (QED) is 0.612. The van der Waals surface area contributed by atoms with Crippen LogP contribution in [0.1, 0.15) is 25.3 Å². The molecule has 1 aliphatic rings. The average Bonchev–Trinajstić information content (AvgIpc) is 2.66. The molecule has 0 saturated heterocycles. The highest BCUT2D eigenvalue weighted by Crippen LogP contribution is 2.66. The van der Waals surface area contributed by atoms with Crippen molar-refractivity contribution in [2.75, 3.05) is 6.54 Å². The van der Waals surface area contributed by atoms with E-state index in [9.17, 15) is 15.3 Å². The van der Waals surface area contributed by atoms with Crippen molar-refractivity contribution in [3.05, 3.63) is 17.7 Å². The molecule has 1 aliphatic carbocycles. The summed E-state index contributed by atoms with van der Waals surface area (Å²) in [5.41, 5.74) is 6.14. The fourth-order valence-corrected chi connectivity index (χ4v) is 2.68. The standard InChI is InChI=1S/C12H17NO3/c1-12(2)7(5-13)11(12)10-8(15)3-6(14)4-9(10)16/h3-4,7,11,14-16H,5,13H2,1-2H3. The van der Waals surface area contributed by atoms with Crippen LogP contribution in [0.3, 0.4) is 0 Å². The van der Waals surface area contributed by atoms with E-state index < -0.39 is 0 Å². The van der Waals surface area contributed by atoms with E-state index in [0.717, 1.165) is 0 Å². The minimum atomic E-state index is -0.137. The van der Waals surface area contributed by atoms with Gasteiger partial charge in [-0.1, -0.05) is 13.8 Å². The largest absolute Gasteiger partial charge is 0.508 e. The van der Waals surface area contributed by atoms with Gasteiger partial charge in [-0.05, 0) is 17.9 Å². The molecule has 2 atom stereocenters. The van der Waals surface area contributed by atoms with Crippen molar-refractivity contribution >= 4 is 0 Å². The van der Waals surface area contributed by atoms with Gasteiger partial charge in [0, 0.05) is 23.6 Å². The lowest BCUT2D eigenvalue weighted by Crippen LogP contribution is -2.05. The van der Waals surface area contributed by atoms with Crippen LogP contribution in [-0.2, 0) is 0 Å². The van der Waals surface area contributed by atoms with Crippen LogP contribution in [0, 0.1) is 11.3 Å². The van der Waals surface area contributed by atoms with Crippen molar-refractivity contribution in [1.82, 2.24) is 0 Å². The van der Waals surface area contributed by atoms with Crippen LogP contribution in [0.25, 0.3) is 0 Å². The van der Waals surface area contributed by atoms with Crippen LogP contribution in [0.2, 0.25) is 0 Å². The smallest absolute Gasteiger partial charge is 0.126 e. The monoisotopic (exact) mass is 223 g/mol. The van der Waals surface area contributed by atoms with E-state index in [4.69, 9.17) is 5.73 Å². The summed E-state index contributed by atoms with van der Waals surface area (Å²) in [5, 5.41) is 28.8. The molecule has 1 aromatic carbocycles. The first-order valence-corrected chi connectivity index (χ1v) is 5.34. The minimum absolute atomic E-state index is 0.0132. The highest BCUT2D eigenvalue weighted by atomic mass is 16.3. The SMILES string of the molecule is CC1(C)C(CN)C1c1c(O)cc(O)cc1O. The number of aromatic hydroxyl groups is 3. The molecule has 0 aromatic heterocycles. The highest BCUT2D eigenvalue weighted by Gasteiger charge is 2.59. The molecular weight excluding hydrogens is 206 g/mol. The van der Waals surface area contributed by atoms with E-state index in [2.05, 4.69) is 13.8 Å². The van der Waals surface area contributed by atoms with Gasteiger partial charge >= 0.3 is 0 Å². The molecule has 0 heterocycles. The van der Waals surface area contributed by atoms with Crippen molar-refractivity contribution < 1.29 is 15.3 Å². The van der Waals surface area contributed by atoms with Gasteiger partial charge in [0.15, 0.2) is 0 Å². The van der Waals surface area contributed by atoms with E-state index in [0.29, 0.717) is 12.1 Å². The van der Waals surface area contributed by atoms with Gasteiger partial charge in [-0.15, -0.1) is 0 Å². The normalized spacial score (nSPS) is 26.7. The van der Waals surface area contributed by atoms with Crippen molar-refractivity contribution in [2.24, 2.45) is 17.1 Å². The Labute approximate surface area is 94.3 Å². The minimum Gasteiger partial charge on any atom is -0.508 e. The summed E-state index contributed by atoms with van der Waals surface area (Å²) in [7, 11) is 0. The fraction of sp³-hybridized carbons (Fsp3) is 0.500. The van der Waals surface area contributed by atoms with Crippen molar-refractivity contribution in [2.45, 2.75) is 19.8 Å². The maximum absolute atomic E-state index is 9.77. The molecule has 88 valence electrons. The van der Waals surface area contributed by atoms with E-state index in [-0.39, 0.29) is 34.5 Å². The van der Waals surface area contributed by atoms with Gasteiger partial charge in [-0.3, -0.25) is 0 Å². The Kier molecular flexibility index (Phi) is 2.27. The topological polar surface area (TPSA) is 86.7 Å². The summed E-state index contributed by atoms with van der Waals surface area (Å²) in [6.07, 6.45) is 0. The molecule has 0 aliphatic heterocycles. The number of benzene rings is 1. The first-order valence-electron chi connectivity index (χ1n) is 5.34. The van der Waals surface area contributed by atoms with Crippen LogP contribution < -0.4 is 5.73 Å². The number of phenolic OH excluding ortho intramolecular Hbond substituents is 3. The maximum Gasteiger partial charge on any atom is 0.126 e. The van der Waals surface area contributed by atoms with Crippen LogP contribution >= 0.6 is 0 Å². The molecule has 1 fully saturated rings. The second-order valence-corrected chi connectivity index (χ2v) is 5.04. The summed E-state index contributed by atoms with van der Waals surface area (Å²) in [5.74, 6) is 0.0477. The van der Waals surface area contributed by atoms with Gasteiger partial charge in [0.05, 0.1) is 0 Å². The lowest BCUT2D eigenvalue weighted by Gasteiger charge is -2.09. The first-order chi connectivity index (χ1) is 7.39. The summed E-state index contributed by atoms with van der Waals surface area (Å²) < 4.78 is 0. The van der Waals surface area contributed by atoms with Crippen molar-refractivity contribution in [3.63, 3.8) is 0 Å². The zero-order valence-corrected chi connectivity index (χ0v) is 9.44. The number of phenols is 3. The van der Waals surface area contributed by atoms with Gasteiger partial charge in [-0.2, -0.15) is 0 Å². The van der Waals surface area contributed by atoms with E-state index in [1.165, 1.54) is 12.1 Å². The number of nitrogens with two attached hydrogens (primary N) is 1. The molecular formula is C12H17NO3.